The van der Waals surface area contributed by atoms with E-state index in [1.807, 2.05) is 24.0 Å². The van der Waals surface area contributed by atoms with E-state index < -0.39 is 0 Å². The normalized spacial score (nSPS) is 16.4. The number of carbonyl (C=O) groups is 1. The molecule has 0 N–H and O–H groups in total. The van der Waals surface area contributed by atoms with Gasteiger partial charge in [0.1, 0.15) is 24.4 Å². The van der Waals surface area contributed by atoms with Gasteiger partial charge < -0.3 is 14.4 Å². The van der Waals surface area contributed by atoms with Gasteiger partial charge in [-0.25, -0.2) is 9.67 Å². The summed E-state index contributed by atoms with van der Waals surface area (Å²) in [6, 6.07) is 7.83. The van der Waals surface area contributed by atoms with Crippen LogP contribution >= 0.6 is 0 Å². The van der Waals surface area contributed by atoms with Crippen LogP contribution in [0.25, 0.3) is 0 Å². The number of piperidine rings is 1. The monoisotopic (exact) mass is 415 g/mol. The van der Waals surface area contributed by atoms with Crippen LogP contribution in [0, 0.1) is 5.92 Å². The fourth-order valence-corrected chi connectivity index (χ4v) is 4.00. The first kappa shape index (κ1) is 22.2. The van der Waals surface area contributed by atoms with E-state index >= 15 is 0 Å². The second kappa shape index (κ2) is 11.1. The predicted octanol–water partition coefficient (Wildman–Crippen LogP) is 2.23. The number of ether oxygens (including phenoxy) is 2. The molecular weight excluding hydrogens is 382 g/mol. The van der Waals surface area contributed by atoms with Gasteiger partial charge in [-0.3, -0.25) is 9.69 Å². The molecule has 1 amide bonds. The zero-order valence-electron chi connectivity index (χ0n) is 18.2. The molecule has 1 aromatic heterocycles. The molecule has 1 atom stereocenters. The summed E-state index contributed by atoms with van der Waals surface area (Å²) >= 11 is 0. The molecule has 164 valence electrons. The molecule has 2 heterocycles. The average Bonchev–Trinajstić information content (AvgIpc) is 3.32. The summed E-state index contributed by atoms with van der Waals surface area (Å²) in [6.45, 7) is 6.68. The van der Waals surface area contributed by atoms with Crippen molar-refractivity contribution >= 4 is 5.91 Å². The Morgan fingerprint density at radius 1 is 1.27 bits per heavy atom. The molecular formula is C22H33N5O3. The first-order chi connectivity index (χ1) is 14.6. The second-order valence-corrected chi connectivity index (χ2v) is 7.86. The van der Waals surface area contributed by atoms with Gasteiger partial charge in [-0.1, -0.05) is 18.2 Å². The lowest BCUT2D eigenvalue weighted by Crippen LogP contribution is -2.44. The number of amides is 1. The summed E-state index contributed by atoms with van der Waals surface area (Å²) < 4.78 is 12.3. The van der Waals surface area contributed by atoms with Crippen molar-refractivity contribution in [1.82, 2.24) is 24.6 Å². The van der Waals surface area contributed by atoms with E-state index in [1.165, 1.54) is 11.9 Å². The Labute approximate surface area is 178 Å². The van der Waals surface area contributed by atoms with E-state index in [2.05, 4.69) is 27.1 Å². The van der Waals surface area contributed by atoms with Crippen LogP contribution in [0.2, 0.25) is 0 Å². The number of para-hydroxylation sites is 1. The maximum Gasteiger partial charge on any atom is 0.247 e. The highest BCUT2D eigenvalue weighted by Gasteiger charge is 2.27. The molecule has 1 aliphatic heterocycles. The summed E-state index contributed by atoms with van der Waals surface area (Å²) in [5.74, 6) is 1.50. The van der Waals surface area contributed by atoms with Gasteiger partial charge in [-0.2, -0.15) is 5.10 Å². The van der Waals surface area contributed by atoms with Crippen LogP contribution in [-0.4, -0.2) is 77.5 Å². The summed E-state index contributed by atoms with van der Waals surface area (Å²) in [4.78, 5) is 21.4. The molecule has 0 aliphatic carbocycles. The number of likely N-dealkylation sites (tertiary alicyclic amines) is 1. The van der Waals surface area contributed by atoms with Crippen molar-refractivity contribution in [2.45, 2.75) is 32.4 Å². The fourth-order valence-electron chi connectivity index (χ4n) is 4.00. The summed E-state index contributed by atoms with van der Waals surface area (Å²) in [6.07, 6.45) is 5.20. The third-order valence-corrected chi connectivity index (χ3v) is 5.84. The Bertz CT molecular complexity index is 775. The van der Waals surface area contributed by atoms with E-state index in [-0.39, 0.29) is 11.9 Å². The Hall–Kier alpha value is -2.45. The lowest BCUT2D eigenvalue weighted by atomic mass is 9.95. The van der Waals surface area contributed by atoms with Crippen molar-refractivity contribution < 1.29 is 14.3 Å². The summed E-state index contributed by atoms with van der Waals surface area (Å²) in [5, 5.41) is 4.12. The molecule has 8 nitrogen and oxygen atoms in total. The quantitative estimate of drug-likeness (QED) is 0.593. The van der Waals surface area contributed by atoms with Crippen molar-refractivity contribution in [3.8, 4) is 5.75 Å². The Morgan fingerprint density at radius 2 is 2.03 bits per heavy atom. The number of nitrogens with zero attached hydrogens (tertiary/aromatic N) is 5. The molecule has 0 saturated carbocycles. The Kier molecular flexibility index (Phi) is 8.21. The van der Waals surface area contributed by atoms with E-state index in [9.17, 15) is 4.79 Å². The molecule has 3 rings (SSSR count). The minimum absolute atomic E-state index is 0.0639. The first-order valence-electron chi connectivity index (χ1n) is 10.6. The minimum atomic E-state index is -0.366. The largest absolute Gasteiger partial charge is 0.496 e. The maximum absolute atomic E-state index is 13.1. The van der Waals surface area contributed by atoms with Crippen LogP contribution in [0.3, 0.4) is 0 Å². The van der Waals surface area contributed by atoms with E-state index in [1.54, 1.807) is 25.2 Å². The van der Waals surface area contributed by atoms with Crippen molar-refractivity contribution in [3.05, 3.63) is 42.5 Å². The fraction of sp³-hybridized carbons (Fsp3) is 0.591. The number of benzene rings is 1. The van der Waals surface area contributed by atoms with Gasteiger partial charge in [-0.15, -0.1) is 0 Å². The summed E-state index contributed by atoms with van der Waals surface area (Å²) in [5.41, 5.74) is 1.22. The molecule has 1 fully saturated rings. The van der Waals surface area contributed by atoms with Gasteiger partial charge in [0.25, 0.3) is 0 Å². The van der Waals surface area contributed by atoms with Crippen LogP contribution in [0.5, 0.6) is 5.75 Å². The third kappa shape index (κ3) is 5.79. The Morgan fingerprint density at radius 3 is 2.70 bits per heavy atom. The van der Waals surface area contributed by atoms with Crippen molar-refractivity contribution in [1.29, 1.82) is 0 Å². The van der Waals surface area contributed by atoms with Gasteiger partial charge in [0.05, 0.1) is 13.7 Å². The molecule has 1 aromatic carbocycles. The molecule has 2 aromatic rings. The third-order valence-electron chi connectivity index (χ3n) is 5.84. The molecule has 0 spiro atoms. The number of hydrogen-bond donors (Lipinski definition) is 0. The highest BCUT2D eigenvalue weighted by atomic mass is 16.5. The van der Waals surface area contributed by atoms with Gasteiger partial charge >= 0.3 is 0 Å². The van der Waals surface area contributed by atoms with Crippen LogP contribution < -0.4 is 4.74 Å². The SMILES string of the molecule is COCCN(CC1CCN(Cc2ccccc2OC)CC1)C(=O)[C@@H](C)n1cncn1. The summed E-state index contributed by atoms with van der Waals surface area (Å²) in [7, 11) is 3.39. The maximum atomic E-state index is 13.1. The molecule has 0 bridgehead atoms. The molecule has 1 aliphatic rings. The van der Waals surface area contributed by atoms with Gasteiger partial charge in [-0.05, 0) is 44.8 Å². The van der Waals surface area contributed by atoms with Crippen molar-refractivity contribution in [2.24, 2.45) is 5.92 Å². The zero-order valence-corrected chi connectivity index (χ0v) is 18.2. The number of aromatic nitrogens is 3. The van der Waals surface area contributed by atoms with Gasteiger partial charge in [0.2, 0.25) is 5.91 Å². The predicted molar refractivity (Wildman–Crippen MR) is 114 cm³/mol. The molecule has 0 unspecified atom stereocenters. The van der Waals surface area contributed by atoms with Crippen LogP contribution in [0.15, 0.2) is 36.9 Å². The van der Waals surface area contributed by atoms with Crippen LogP contribution in [-0.2, 0) is 16.1 Å². The molecule has 0 radical (unpaired) electrons. The minimum Gasteiger partial charge on any atom is -0.496 e. The second-order valence-electron chi connectivity index (χ2n) is 7.86. The highest BCUT2D eigenvalue weighted by Crippen LogP contribution is 2.24. The average molecular weight is 416 g/mol. The number of methoxy groups -OCH3 is 2. The van der Waals surface area contributed by atoms with Crippen molar-refractivity contribution in [3.63, 3.8) is 0 Å². The smallest absolute Gasteiger partial charge is 0.247 e. The lowest BCUT2D eigenvalue weighted by molar-refractivity contribution is -0.136. The molecule has 1 saturated heterocycles. The topological polar surface area (TPSA) is 72.7 Å². The van der Waals surface area contributed by atoms with E-state index in [0.29, 0.717) is 19.1 Å². The van der Waals surface area contributed by atoms with E-state index in [4.69, 9.17) is 9.47 Å². The Balaban J connectivity index is 1.54. The number of rotatable bonds is 10. The van der Waals surface area contributed by atoms with Gasteiger partial charge in [0.15, 0.2) is 0 Å². The molecule has 30 heavy (non-hydrogen) atoms. The number of carbonyl (C=O) groups excluding carboxylic acids is 1. The van der Waals surface area contributed by atoms with E-state index in [0.717, 1.165) is 44.8 Å². The molecule has 8 heteroatoms. The van der Waals surface area contributed by atoms with Crippen LogP contribution in [0.4, 0.5) is 0 Å². The van der Waals surface area contributed by atoms with Crippen molar-refractivity contribution in [2.75, 3.05) is 47.0 Å². The zero-order chi connectivity index (χ0) is 21.3. The highest BCUT2D eigenvalue weighted by molar-refractivity contribution is 5.80. The standard InChI is InChI=1S/C22H33N5O3/c1-18(27-17-23-16-24-27)22(28)26(12-13-29-2)14-19-8-10-25(11-9-19)15-20-6-4-5-7-21(20)30-3/h4-7,16-19H,8-15H2,1-3H3/t18-/m1/s1. The number of hydrogen-bond acceptors (Lipinski definition) is 6. The van der Waals surface area contributed by atoms with Gasteiger partial charge in [0, 0.05) is 32.3 Å². The van der Waals surface area contributed by atoms with Crippen LogP contribution in [0.1, 0.15) is 31.4 Å². The lowest BCUT2D eigenvalue weighted by Gasteiger charge is -2.35. The first-order valence-corrected chi connectivity index (χ1v) is 10.6.